The van der Waals surface area contributed by atoms with Crippen LogP contribution in [0.15, 0.2) is 35.1 Å². The summed E-state index contributed by atoms with van der Waals surface area (Å²) in [5.41, 5.74) is 9.59. The lowest BCUT2D eigenvalue weighted by Crippen LogP contribution is -2.32. The maximum Gasteiger partial charge on any atom is 0.223 e. The van der Waals surface area contributed by atoms with Gasteiger partial charge in [-0.1, -0.05) is 29.4 Å². The second-order valence-corrected chi connectivity index (χ2v) is 6.97. The van der Waals surface area contributed by atoms with Crippen LogP contribution in [-0.4, -0.2) is 43.0 Å². The Hall–Kier alpha value is -3.33. The van der Waals surface area contributed by atoms with Gasteiger partial charge in [0.2, 0.25) is 11.7 Å². The molecule has 1 aliphatic rings. The molecule has 1 atom stereocenters. The highest BCUT2D eigenvalue weighted by Gasteiger charge is 2.23. The molecule has 1 fully saturated rings. The average Bonchev–Trinajstić information content (AvgIpc) is 3.34. The molecule has 1 unspecified atom stereocenters. The molecule has 9 nitrogen and oxygen atoms in total. The van der Waals surface area contributed by atoms with Crippen LogP contribution in [0.25, 0.3) is 33.7 Å². The summed E-state index contributed by atoms with van der Waals surface area (Å²) in [5.74, 6) is 1.54. The number of hydrogen-bond acceptors (Lipinski definition) is 8. The molecule has 3 aromatic heterocycles. The van der Waals surface area contributed by atoms with Gasteiger partial charge in [0.25, 0.3) is 0 Å². The van der Waals surface area contributed by atoms with Gasteiger partial charge < -0.3 is 15.6 Å². The minimum absolute atomic E-state index is 0.251. The summed E-state index contributed by atoms with van der Waals surface area (Å²) in [7, 11) is 0. The first-order chi connectivity index (χ1) is 13.7. The lowest BCUT2D eigenvalue weighted by molar-refractivity contribution is 0.354. The van der Waals surface area contributed by atoms with E-state index in [0.717, 1.165) is 53.8 Å². The number of hydrogen-bond donors (Lipinski definition) is 2. The molecule has 5 rings (SSSR count). The van der Waals surface area contributed by atoms with Gasteiger partial charge in [-0.05, 0) is 19.4 Å². The quantitative estimate of drug-likeness (QED) is 0.559. The molecular formula is C19H20N8O. The molecule has 0 amide bonds. The summed E-state index contributed by atoms with van der Waals surface area (Å²) >= 11 is 0. The fraction of sp³-hybridized carbons (Fsp3) is 0.316. The van der Waals surface area contributed by atoms with Gasteiger partial charge in [-0.2, -0.15) is 10.1 Å². The maximum atomic E-state index is 6.21. The van der Waals surface area contributed by atoms with Crippen molar-refractivity contribution in [2.45, 2.75) is 25.8 Å². The molecule has 4 aromatic rings. The van der Waals surface area contributed by atoms with Crippen molar-refractivity contribution in [3.63, 3.8) is 0 Å². The van der Waals surface area contributed by atoms with E-state index in [0.29, 0.717) is 17.5 Å². The molecule has 1 aliphatic heterocycles. The number of nitrogens with two attached hydrogens (primary N) is 1. The van der Waals surface area contributed by atoms with Crippen LogP contribution in [-0.2, 0) is 0 Å². The first-order valence-electron chi connectivity index (χ1n) is 9.31. The Labute approximate surface area is 161 Å². The predicted molar refractivity (Wildman–Crippen MR) is 104 cm³/mol. The third kappa shape index (κ3) is 2.80. The molecular weight excluding hydrogens is 356 g/mol. The normalized spacial score (nSPS) is 17.2. The second kappa shape index (κ2) is 6.68. The molecule has 28 heavy (non-hydrogen) atoms. The minimum Gasteiger partial charge on any atom is -0.383 e. The summed E-state index contributed by atoms with van der Waals surface area (Å²) < 4.78 is 7.05. The molecule has 4 heterocycles. The highest BCUT2D eigenvalue weighted by molar-refractivity contribution is 5.98. The zero-order valence-corrected chi connectivity index (χ0v) is 15.5. The monoisotopic (exact) mass is 376 g/mol. The van der Waals surface area contributed by atoms with Crippen LogP contribution in [0.3, 0.4) is 0 Å². The molecule has 9 heteroatoms. The smallest absolute Gasteiger partial charge is 0.223 e. The Kier molecular flexibility index (Phi) is 4.01. The van der Waals surface area contributed by atoms with E-state index in [1.807, 2.05) is 28.9 Å². The van der Waals surface area contributed by atoms with Crippen molar-refractivity contribution in [1.82, 2.24) is 35.2 Å². The van der Waals surface area contributed by atoms with Gasteiger partial charge in [0.15, 0.2) is 5.65 Å². The third-order valence-corrected chi connectivity index (χ3v) is 5.08. The van der Waals surface area contributed by atoms with Gasteiger partial charge >= 0.3 is 0 Å². The van der Waals surface area contributed by atoms with E-state index >= 15 is 0 Å². The van der Waals surface area contributed by atoms with Crippen LogP contribution in [0.1, 0.15) is 24.8 Å². The number of nitrogen functional groups attached to an aromatic ring is 1. The van der Waals surface area contributed by atoms with Crippen LogP contribution < -0.4 is 11.1 Å². The van der Waals surface area contributed by atoms with Gasteiger partial charge in [-0.3, -0.25) is 0 Å². The number of benzene rings is 1. The molecule has 1 saturated heterocycles. The zero-order valence-electron chi connectivity index (χ0n) is 15.5. The van der Waals surface area contributed by atoms with Gasteiger partial charge in [0.05, 0.1) is 11.4 Å². The van der Waals surface area contributed by atoms with Crippen molar-refractivity contribution in [2.24, 2.45) is 0 Å². The number of piperidine rings is 1. The number of aromatic nitrogens is 6. The number of aryl methyl sites for hydroxylation is 1. The lowest BCUT2D eigenvalue weighted by atomic mass is 10.1. The largest absolute Gasteiger partial charge is 0.383 e. The molecule has 0 spiro atoms. The number of anilines is 1. The van der Waals surface area contributed by atoms with E-state index in [1.54, 1.807) is 6.92 Å². The molecule has 0 radical (unpaired) electrons. The van der Waals surface area contributed by atoms with Gasteiger partial charge in [-0.15, -0.1) is 0 Å². The predicted octanol–water partition coefficient (Wildman–Crippen LogP) is 2.36. The SMILES string of the molecule is Cc1nc(-c2ccc(-c3nn(C4CCCNC4)c4ncnc(N)c34)cc2)no1. The topological polar surface area (TPSA) is 121 Å². The fourth-order valence-corrected chi connectivity index (χ4v) is 3.69. The molecule has 3 N–H and O–H groups in total. The second-order valence-electron chi connectivity index (χ2n) is 6.97. The van der Waals surface area contributed by atoms with Crippen molar-refractivity contribution in [1.29, 1.82) is 0 Å². The Bertz CT molecular complexity index is 1120. The number of nitrogens with one attached hydrogen (secondary N) is 1. The summed E-state index contributed by atoms with van der Waals surface area (Å²) in [6.07, 6.45) is 3.67. The average molecular weight is 376 g/mol. The first-order valence-corrected chi connectivity index (χ1v) is 9.31. The number of rotatable bonds is 3. The molecule has 0 bridgehead atoms. The van der Waals surface area contributed by atoms with Crippen molar-refractivity contribution >= 4 is 16.9 Å². The van der Waals surface area contributed by atoms with Crippen molar-refractivity contribution < 1.29 is 4.52 Å². The highest BCUT2D eigenvalue weighted by Crippen LogP contribution is 2.33. The summed E-state index contributed by atoms with van der Waals surface area (Å²) in [6.45, 7) is 3.68. The molecule has 0 aliphatic carbocycles. The van der Waals surface area contributed by atoms with Crippen LogP contribution in [0, 0.1) is 6.92 Å². The van der Waals surface area contributed by atoms with Crippen LogP contribution in [0.5, 0.6) is 0 Å². The maximum absolute atomic E-state index is 6.21. The Morgan fingerprint density at radius 1 is 1.18 bits per heavy atom. The van der Waals surface area contributed by atoms with Crippen LogP contribution in [0.4, 0.5) is 5.82 Å². The van der Waals surface area contributed by atoms with E-state index in [9.17, 15) is 0 Å². The first kappa shape index (κ1) is 16.8. The molecule has 142 valence electrons. The van der Waals surface area contributed by atoms with Crippen molar-refractivity contribution in [3.8, 4) is 22.6 Å². The molecule has 0 saturated carbocycles. The van der Waals surface area contributed by atoms with Crippen molar-refractivity contribution in [2.75, 3.05) is 18.8 Å². The Balaban J connectivity index is 1.60. The van der Waals surface area contributed by atoms with Gasteiger partial charge in [-0.25, -0.2) is 14.6 Å². The lowest BCUT2D eigenvalue weighted by Gasteiger charge is -2.23. The summed E-state index contributed by atoms with van der Waals surface area (Å²) in [6, 6.07) is 8.12. The van der Waals surface area contributed by atoms with Gasteiger partial charge in [0.1, 0.15) is 17.8 Å². The number of fused-ring (bicyclic) bond motifs is 1. The standard InChI is InChI=1S/C19H20N8O/c1-11-24-18(26-28-11)13-6-4-12(5-7-13)16-15-17(20)22-10-23-19(15)27(25-16)14-3-2-8-21-9-14/h4-7,10,14,21H,2-3,8-9H2,1H3,(H2,20,22,23). The highest BCUT2D eigenvalue weighted by atomic mass is 16.5. The Morgan fingerprint density at radius 3 is 2.71 bits per heavy atom. The number of nitrogens with zero attached hydrogens (tertiary/aromatic N) is 6. The van der Waals surface area contributed by atoms with E-state index < -0.39 is 0 Å². The summed E-state index contributed by atoms with van der Waals surface area (Å²) in [5, 5.41) is 13.1. The van der Waals surface area contributed by atoms with Gasteiger partial charge in [0, 0.05) is 24.6 Å². The summed E-state index contributed by atoms with van der Waals surface area (Å²) in [4.78, 5) is 12.9. The van der Waals surface area contributed by atoms with E-state index in [4.69, 9.17) is 15.4 Å². The van der Waals surface area contributed by atoms with E-state index in [2.05, 4.69) is 25.4 Å². The Morgan fingerprint density at radius 2 is 2.00 bits per heavy atom. The van der Waals surface area contributed by atoms with Crippen molar-refractivity contribution in [3.05, 3.63) is 36.5 Å². The minimum atomic E-state index is 0.251. The zero-order chi connectivity index (χ0) is 19.1. The molecule has 1 aromatic carbocycles. The van der Waals surface area contributed by atoms with E-state index in [-0.39, 0.29) is 6.04 Å². The van der Waals surface area contributed by atoms with Crippen LogP contribution >= 0.6 is 0 Å². The van der Waals surface area contributed by atoms with Crippen LogP contribution in [0.2, 0.25) is 0 Å². The fourth-order valence-electron chi connectivity index (χ4n) is 3.69. The third-order valence-electron chi connectivity index (χ3n) is 5.08. The van der Waals surface area contributed by atoms with E-state index in [1.165, 1.54) is 6.33 Å².